The Bertz CT molecular complexity index is 531. The molecule has 1 radical (unpaired) electrons. The largest absolute Gasteiger partial charge is 0.384 e. The molecule has 0 unspecified atom stereocenters. The molecular weight excluding hydrogens is 208 g/mol. The van der Waals surface area contributed by atoms with Crippen molar-refractivity contribution in [1.82, 2.24) is 10.3 Å². The predicted octanol–water partition coefficient (Wildman–Crippen LogP) is 2.30. The second-order valence-electron chi connectivity index (χ2n) is 3.12. The number of nitrogens with zero attached hydrogens (tertiary/aromatic N) is 3. The van der Waals surface area contributed by atoms with Gasteiger partial charge < -0.3 is 5.73 Å². The van der Waals surface area contributed by atoms with Crippen LogP contribution in [0.25, 0.3) is 10.4 Å². The molecule has 0 saturated heterocycles. The summed E-state index contributed by atoms with van der Waals surface area (Å²) >= 11 is 1.65. The molecule has 2 aromatic heterocycles. The van der Waals surface area contributed by atoms with Crippen molar-refractivity contribution in [3.05, 3.63) is 23.6 Å². The van der Waals surface area contributed by atoms with Crippen molar-refractivity contribution in [2.24, 2.45) is 4.99 Å². The average Bonchev–Trinajstić information content (AvgIpc) is 2.86. The van der Waals surface area contributed by atoms with Crippen molar-refractivity contribution in [3.8, 4) is 10.4 Å². The van der Waals surface area contributed by atoms with Crippen LogP contribution >= 0.6 is 11.3 Å². The van der Waals surface area contributed by atoms with Crippen LogP contribution in [-0.4, -0.2) is 11.3 Å². The van der Waals surface area contributed by atoms with Gasteiger partial charge in [0, 0.05) is 10.4 Å². The summed E-state index contributed by atoms with van der Waals surface area (Å²) in [6, 6.07) is 5.87. The highest BCUT2D eigenvalue weighted by Gasteiger charge is 2.17. The Labute approximate surface area is 90.5 Å². The highest BCUT2D eigenvalue weighted by molar-refractivity contribution is 7.13. The fourth-order valence-corrected chi connectivity index (χ4v) is 2.27. The van der Waals surface area contributed by atoms with E-state index in [9.17, 15) is 0 Å². The monoisotopic (exact) mass is 215 g/mol. The summed E-state index contributed by atoms with van der Waals surface area (Å²) < 4.78 is 0. The number of rotatable bonds is 1. The van der Waals surface area contributed by atoms with Crippen LogP contribution in [0.1, 0.15) is 0 Å². The van der Waals surface area contributed by atoms with Gasteiger partial charge in [0.05, 0.1) is 0 Å². The number of nitrogen functional groups attached to an aromatic ring is 1. The molecule has 3 rings (SSSR count). The molecule has 0 bridgehead atoms. The molecule has 1 aliphatic heterocycles. The zero-order valence-electron chi connectivity index (χ0n) is 7.71. The number of hydrogen-bond acceptors (Lipinski definition) is 4. The summed E-state index contributed by atoms with van der Waals surface area (Å²) in [6.45, 7) is 0. The van der Waals surface area contributed by atoms with E-state index in [1.807, 2.05) is 23.6 Å². The lowest BCUT2D eigenvalue weighted by Gasteiger charge is -2.04. The van der Waals surface area contributed by atoms with Crippen molar-refractivity contribution >= 4 is 35.0 Å². The summed E-state index contributed by atoms with van der Waals surface area (Å²) in [5.74, 6) is 1.09. The first-order chi connectivity index (χ1) is 7.34. The molecule has 15 heavy (non-hydrogen) atoms. The van der Waals surface area contributed by atoms with Gasteiger partial charge in [0.15, 0.2) is 5.82 Å². The van der Waals surface area contributed by atoms with Crippen LogP contribution in [0.3, 0.4) is 0 Å². The normalized spacial score (nSPS) is 12.5. The van der Waals surface area contributed by atoms with E-state index in [1.165, 1.54) is 6.34 Å². The number of hydrogen-bond donors (Lipinski definition) is 1. The lowest BCUT2D eigenvalue weighted by molar-refractivity contribution is 1.21. The molecule has 5 heteroatoms. The van der Waals surface area contributed by atoms with Crippen LogP contribution < -0.4 is 11.1 Å². The Morgan fingerprint density at radius 2 is 2.27 bits per heavy atom. The Morgan fingerprint density at radius 1 is 1.33 bits per heavy atom. The van der Waals surface area contributed by atoms with Gasteiger partial charge >= 0.3 is 0 Å². The second-order valence-corrected chi connectivity index (χ2v) is 4.07. The number of aliphatic imine (C=N–C) groups is 1. The third kappa shape index (κ3) is 1.28. The average molecular weight is 215 g/mol. The molecule has 0 saturated carbocycles. The minimum absolute atomic E-state index is 0.478. The fourth-order valence-electron chi connectivity index (χ4n) is 1.52. The molecule has 3 heterocycles. The van der Waals surface area contributed by atoms with E-state index >= 15 is 0 Å². The minimum atomic E-state index is 0.478. The molecule has 0 atom stereocenters. The molecular formula is C10H7N4S. The molecule has 1 aliphatic rings. The van der Waals surface area contributed by atoms with Crippen LogP contribution in [-0.2, 0) is 0 Å². The van der Waals surface area contributed by atoms with E-state index in [0.717, 1.165) is 16.1 Å². The SMILES string of the molecule is Nc1cc(-c2cccs2)c2c(n1)[N]C=N2. The predicted molar refractivity (Wildman–Crippen MR) is 61.9 cm³/mol. The zero-order valence-corrected chi connectivity index (χ0v) is 8.53. The summed E-state index contributed by atoms with van der Waals surface area (Å²) in [5.41, 5.74) is 7.53. The van der Waals surface area contributed by atoms with Gasteiger partial charge in [-0.15, -0.1) is 11.3 Å². The first kappa shape index (κ1) is 8.43. The Balaban J connectivity index is 2.27. The number of nitrogens with two attached hydrogens (primary N) is 1. The molecule has 2 aromatic rings. The smallest absolute Gasteiger partial charge is 0.182 e. The molecule has 0 fully saturated rings. The fraction of sp³-hybridized carbons (Fsp3) is 0. The highest BCUT2D eigenvalue weighted by atomic mass is 32.1. The number of thiophene rings is 1. The Kier molecular flexibility index (Phi) is 1.72. The first-order valence-corrected chi connectivity index (χ1v) is 5.30. The van der Waals surface area contributed by atoms with E-state index < -0.39 is 0 Å². The lowest BCUT2D eigenvalue weighted by atomic mass is 10.2. The number of pyridine rings is 1. The van der Waals surface area contributed by atoms with Gasteiger partial charge in [0.25, 0.3) is 0 Å². The van der Waals surface area contributed by atoms with Gasteiger partial charge in [0.1, 0.15) is 17.8 Å². The molecule has 73 valence electrons. The second kappa shape index (κ2) is 3.06. The molecule has 0 spiro atoms. The van der Waals surface area contributed by atoms with Crippen LogP contribution in [0.4, 0.5) is 17.3 Å². The highest BCUT2D eigenvalue weighted by Crippen LogP contribution is 2.40. The molecule has 0 aliphatic carbocycles. The van der Waals surface area contributed by atoms with Gasteiger partial charge in [-0.1, -0.05) is 6.07 Å². The van der Waals surface area contributed by atoms with Crippen LogP contribution in [0.5, 0.6) is 0 Å². The third-order valence-corrected chi connectivity index (χ3v) is 3.05. The summed E-state index contributed by atoms with van der Waals surface area (Å²) in [6.07, 6.45) is 1.51. The zero-order chi connectivity index (χ0) is 10.3. The maximum absolute atomic E-state index is 5.72. The van der Waals surface area contributed by atoms with Crippen LogP contribution in [0.15, 0.2) is 28.6 Å². The molecule has 4 nitrogen and oxygen atoms in total. The van der Waals surface area contributed by atoms with Gasteiger partial charge in [0.2, 0.25) is 0 Å². The number of anilines is 1. The summed E-state index contributed by atoms with van der Waals surface area (Å²) in [5, 5.41) is 6.07. The summed E-state index contributed by atoms with van der Waals surface area (Å²) in [7, 11) is 0. The van der Waals surface area contributed by atoms with E-state index in [4.69, 9.17) is 5.73 Å². The van der Waals surface area contributed by atoms with Crippen molar-refractivity contribution in [2.45, 2.75) is 0 Å². The first-order valence-electron chi connectivity index (χ1n) is 4.42. The van der Waals surface area contributed by atoms with Crippen molar-refractivity contribution in [1.29, 1.82) is 0 Å². The Hall–Kier alpha value is -1.88. The van der Waals surface area contributed by atoms with Crippen LogP contribution in [0.2, 0.25) is 0 Å². The standard InChI is InChI=1S/C10H7N4S/c11-8-4-6(7-2-1-3-15-7)9-10(14-8)13-5-12-9/h1-5H,(H2,11,14). The van der Waals surface area contributed by atoms with Gasteiger partial charge in [-0.05, 0) is 17.5 Å². The maximum atomic E-state index is 5.72. The van der Waals surface area contributed by atoms with E-state index in [0.29, 0.717) is 11.6 Å². The third-order valence-electron chi connectivity index (χ3n) is 2.15. The van der Waals surface area contributed by atoms with Crippen molar-refractivity contribution in [3.63, 3.8) is 0 Å². The van der Waals surface area contributed by atoms with Gasteiger partial charge in [-0.2, -0.15) is 0 Å². The van der Waals surface area contributed by atoms with Crippen molar-refractivity contribution in [2.75, 3.05) is 5.73 Å². The molecule has 0 amide bonds. The van der Waals surface area contributed by atoms with E-state index in [2.05, 4.69) is 15.3 Å². The molecule has 0 aromatic carbocycles. The van der Waals surface area contributed by atoms with E-state index in [-0.39, 0.29) is 0 Å². The topological polar surface area (TPSA) is 65.4 Å². The number of aromatic nitrogens is 1. The summed E-state index contributed by atoms with van der Waals surface area (Å²) in [4.78, 5) is 9.44. The maximum Gasteiger partial charge on any atom is 0.182 e. The van der Waals surface area contributed by atoms with Crippen molar-refractivity contribution < 1.29 is 0 Å². The Morgan fingerprint density at radius 3 is 3.07 bits per heavy atom. The van der Waals surface area contributed by atoms with E-state index in [1.54, 1.807) is 11.3 Å². The molecule has 2 N–H and O–H groups in total. The van der Waals surface area contributed by atoms with Crippen LogP contribution in [0, 0.1) is 0 Å². The minimum Gasteiger partial charge on any atom is -0.384 e. The van der Waals surface area contributed by atoms with Gasteiger partial charge in [-0.3, -0.25) is 0 Å². The quantitative estimate of drug-likeness (QED) is 0.793. The number of fused-ring (bicyclic) bond motifs is 1. The van der Waals surface area contributed by atoms with Gasteiger partial charge in [-0.25, -0.2) is 15.3 Å². The lowest BCUT2D eigenvalue weighted by Crippen LogP contribution is -1.95.